The fourth-order valence-corrected chi connectivity index (χ4v) is 2.56. The average Bonchev–Trinajstić information content (AvgIpc) is 1.99. The van der Waals surface area contributed by atoms with E-state index in [0.717, 1.165) is 0 Å². The molecule has 5 heteroatoms. The molecule has 0 amide bonds. The molecule has 84 valence electrons. The highest BCUT2D eigenvalue weighted by atomic mass is 32.2. The summed E-state index contributed by atoms with van der Waals surface area (Å²) in [5.74, 6) is 0. The lowest BCUT2D eigenvalue weighted by Gasteiger charge is -2.19. The number of hydrogen-bond acceptors (Lipinski definition) is 3. The van der Waals surface area contributed by atoms with Crippen LogP contribution in [0.1, 0.15) is 26.5 Å². The van der Waals surface area contributed by atoms with Crippen LogP contribution in [0.15, 0.2) is 23.2 Å². The molecule has 0 atom stereocenters. The predicted octanol–water partition coefficient (Wildman–Crippen LogP) is 1.47. The molecule has 0 unspecified atom stereocenters. The normalized spacial score (nSPS) is 12.8. The number of sulfonamides is 1. The molecule has 1 rings (SSSR count). The Morgan fingerprint density at radius 1 is 1.27 bits per heavy atom. The molecule has 4 nitrogen and oxygen atoms in total. The van der Waals surface area contributed by atoms with E-state index in [1.807, 2.05) is 0 Å². The van der Waals surface area contributed by atoms with Crippen LogP contribution < -0.4 is 4.72 Å². The van der Waals surface area contributed by atoms with Crippen molar-refractivity contribution in [2.24, 2.45) is 0 Å². The van der Waals surface area contributed by atoms with Gasteiger partial charge in [-0.2, -0.15) is 0 Å². The van der Waals surface area contributed by atoms with Gasteiger partial charge < -0.3 is 0 Å². The molecule has 0 spiro atoms. The van der Waals surface area contributed by atoms with E-state index in [-0.39, 0.29) is 5.03 Å². The number of pyridine rings is 1. The number of aromatic nitrogens is 1. The zero-order chi connectivity index (χ0) is 11.7. The molecular formula is C10H16N2O2S. The topological polar surface area (TPSA) is 59.1 Å². The van der Waals surface area contributed by atoms with Gasteiger partial charge >= 0.3 is 0 Å². The first-order valence-electron chi connectivity index (χ1n) is 4.68. The molecule has 0 aliphatic carbocycles. The van der Waals surface area contributed by atoms with E-state index in [2.05, 4.69) is 9.71 Å². The zero-order valence-electron chi connectivity index (χ0n) is 9.40. The highest BCUT2D eigenvalue weighted by molar-refractivity contribution is 7.89. The summed E-state index contributed by atoms with van der Waals surface area (Å²) in [6, 6.07) is 4.93. The standard InChI is InChI=1S/C10H16N2O2S/c1-8-6-5-7-9(11-8)15(13,14)12-10(2,3)4/h5-7,12H,1-4H3. The molecule has 1 aromatic rings. The van der Waals surface area contributed by atoms with Gasteiger partial charge in [0.15, 0.2) is 5.03 Å². The van der Waals surface area contributed by atoms with Crippen LogP contribution >= 0.6 is 0 Å². The third-order valence-electron chi connectivity index (χ3n) is 1.58. The number of nitrogens with one attached hydrogen (secondary N) is 1. The highest BCUT2D eigenvalue weighted by Crippen LogP contribution is 2.10. The summed E-state index contributed by atoms with van der Waals surface area (Å²) in [5, 5.41) is 0.0671. The van der Waals surface area contributed by atoms with Gasteiger partial charge in [-0.05, 0) is 39.8 Å². The number of aryl methyl sites for hydroxylation is 1. The van der Waals surface area contributed by atoms with Crippen molar-refractivity contribution in [3.63, 3.8) is 0 Å². The summed E-state index contributed by atoms with van der Waals surface area (Å²) in [4.78, 5) is 3.98. The summed E-state index contributed by atoms with van der Waals surface area (Å²) in [5.41, 5.74) is 0.191. The summed E-state index contributed by atoms with van der Waals surface area (Å²) in [6.07, 6.45) is 0. The third-order valence-corrected chi connectivity index (χ3v) is 3.24. The van der Waals surface area contributed by atoms with E-state index in [1.54, 1.807) is 39.8 Å². The zero-order valence-corrected chi connectivity index (χ0v) is 10.2. The first-order valence-corrected chi connectivity index (χ1v) is 6.17. The number of hydrogen-bond donors (Lipinski definition) is 1. The second-order valence-electron chi connectivity index (χ2n) is 4.47. The number of nitrogens with zero attached hydrogens (tertiary/aromatic N) is 1. The largest absolute Gasteiger partial charge is 0.258 e. The summed E-state index contributed by atoms with van der Waals surface area (Å²) >= 11 is 0. The molecule has 1 N–H and O–H groups in total. The molecular weight excluding hydrogens is 212 g/mol. The Kier molecular flexibility index (Phi) is 3.16. The average molecular weight is 228 g/mol. The second-order valence-corrected chi connectivity index (χ2v) is 6.10. The van der Waals surface area contributed by atoms with Crippen LogP contribution in [-0.2, 0) is 10.0 Å². The van der Waals surface area contributed by atoms with Crippen LogP contribution in [0.5, 0.6) is 0 Å². The maximum Gasteiger partial charge on any atom is 0.258 e. The first kappa shape index (κ1) is 12.1. The van der Waals surface area contributed by atoms with Gasteiger partial charge in [0.2, 0.25) is 0 Å². The van der Waals surface area contributed by atoms with Gasteiger partial charge in [0, 0.05) is 11.2 Å². The summed E-state index contributed by atoms with van der Waals surface area (Å²) in [7, 11) is -3.50. The van der Waals surface area contributed by atoms with Crippen LogP contribution in [0.25, 0.3) is 0 Å². The van der Waals surface area contributed by atoms with Gasteiger partial charge in [-0.3, -0.25) is 0 Å². The minimum atomic E-state index is -3.50. The third kappa shape index (κ3) is 3.60. The predicted molar refractivity (Wildman–Crippen MR) is 59.0 cm³/mol. The van der Waals surface area contributed by atoms with Crippen molar-refractivity contribution in [1.29, 1.82) is 0 Å². The Bertz CT molecular complexity index is 447. The molecule has 0 saturated carbocycles. The Balaban J connectivity index is 3.07. The van der Waals surface area contributed by atoms with Gasteiger partial charge in [-0.25, -0.2) is 18.1 Å². The summed E-state index contributed by atoms with van der Waals surface area (Å²) in [6.45, 7) is 7.14. The maximum atomic E-state index is 11.8. The van der Waals surface area contributed by atoms with E-state index in [1.165, 1.54) is 6.07 Å². The van der Waals surface area contributed by atoms with Gasteiger partial charge in [0.25, 0.3) is 10.0 Å². The van der Waals surface area contributed by atoms with Gasteiger partial charge in [0.05, 0.1) is 0 Å². The van der Waals surface area contributed by atoms with Gasteiger partial charge in [0.1, 0.15) is 0 Å². The quantitative estimate of drug-likeness (QED) is 0.833. The van der Waals surface area contributed by atoms with Crippen LogP contribution in [0.3, 0.4) is 0 Å². The first-order chi connectivity index (χ1) is 6.71. The van der Waals surface area contributed by atoms with Crippen LogP contribution in [0.4, 0.5) is 0 Å². The van der Waals surface area contributed by atoms with Crippen LogP contribution in [0.2, 0.25) is 0 Å². The van der Waals surface area contributed by atoms with Gasteiger partial charge in [-0.1, -0.05) is 6.07 Å². The van der Waals surface area contributed by atoms with Crippen molar-refractivity contribution >= 4 is 10.0 Å². The van der Waals surface area contributed by atoms with Crippen molar-refractivity contribution in [2.45, 2.75) is 38.3 Å². The van der Waals surface area contributed by atoms with Gasteiger partial charge in [-0.15, -0.1) is 0 Å². The van der Waals surface area contributed by atoms with Crippen molar-refractivity contribution < 1.29 is 8.42 Å². The molecule has 0 radical (unpaired) electrons. The Morgan fingerprint density at radius 2 is 1.87 bits per heavy atom. The molecule has 0 bridgehead atoms. The fraction of sp³-hybridized carbons (Fsp3) is 0.500. The molecule has 0 saturated heterocycles. The maximum absolute atomic E-state index is 11.8. The molecule has 0 aliphatic heterocycles. The molecule has 1 heterocycles. The monoisotopic (exact) mass is 228 g/mol. The number of rotatable bonds is 2. The van der Waals surface area contributed by atoms with E-state index in [0.29, 0.717) is 5.69 Å². The molecule has 15 heavy (non-hydrogen) atoms. The van der Waals surface area contributed by atoms with Crippen LogP contribution in [-0.4, -0.2) is 18.9 Å². The van der Waals surface area contributed by atoms with E-state index < -0.39 is 15.6 Å². The van der Waals surface area contributed by atoms with E-state index in [9.17, 15) is 8.42 Å². The van der Waals surface area contributed by atoms with Crippen LogP contribution in [0, 0.1) is 6.92 Å². The van der Waals surface area contributed by atoms with Crippen molar-refractivity contribution in [3.05, 3.63) is 23.9 Å². The molecule has 0 aliphatic rings. The van der Waals surface area contributed by atoms with E-state index >= 15 is 0 Å². The SMILES string of the molecule is Cc1cccc(S(=O)(=O)NC(C)(C)C)n1. The Hall–Kier alpha value is -0.940. The fourth-order valence-electron chi connectivity index (χ4n) is 1.12. The molecule has 0 aromatic carbocycles. The van der Waals surface area contributed by atoms with Crippen molar-refractivity contribution in [2.75, 3.05) is 0 Å². The lowest BCUT2D eigenvalue weighted by atomic mass is 10.1. The minimum Gasteiger partial charge on any atom is -0.240 e. The van der Waals surface area contributed by atoms with E-state index in [4.69, 9.17) is 0 Å². The summed E-state index contributed by atoms with van der Waals surface area (Å²) < 4.78 is 26.2. The lowest BCUT2D eigenvalue weighted by Crippen LogP contribution is -2.40. The second kappa shape index (κ2) is 3.90. The smallest absolute Gasteiger partial charge is 0.240 e. The van der Waals surface area contributed by atoms with Crippen molar-refractivity contribution in [3.8, 4) is 0 Å². The van der Waals surface area contributed by atoms with Crippen molar-refractivity contribution in [1.82, 2.24) is 9.71 Å². The lowest BCUT2D eigenvalue weighted by molar-refractivity contribution is 0.489. The molecule has 0 fully saturated rings. The minimum absolute atomic E-state index is 0.0671. The molecule has 1 aromatic heterocycles. The Labute approximate surface area is 90.8 Å². The Morgan fingerprint density at radius 3 is 2.33 bits per heavy atom. The highest BCUT2D eigenvalue weighted by Gasteiger charge is 2.22.